The van der Waals surface area contributed by atoms with Gasteiger partial charge in [-0.15, -0.1) is 19.9 Å². The van der Waals surface area contributed by atoms with Crippen LogP contribution >= 0.6 is 0 Å². The summed E-state index contributed by atoms with van der Waals surface area (Å²) in [6.07, 6.45) is 2.28. The zero-order valence-electron chi connectivity index (χ0n) is 9.08. The van der Waals surface area contributed by atoms with Crippen LogP contribution < -0.4 is 0 Å². The second-order valence-electron chi connectivity index (χ2n) is 2.85. The molecule has 0 aliphatic heterocycles. The van der Waals surface area contributed by atoms with Crippen LogP contribution in [-0.4, -0.2) is 52.5 Å². The zero-order chi connectivity index (χ0) is 13.7. The molecule has 0 aliphatic carbocycles. The molecule has 2 aromatic rings. The number of carboxylic acids is 2. The molecular formula is C8H8MnN4O6. The maximum absolute atomic E-state index is 10.0. The van der Waals surface area contributed by atoms with Gasteiger partial charge in [0.2, 0.25) is 0 Å². The minimum Gasteiger partial charge on any atom is -0.476 e. The first-order valence-electron chi connectivity index (χ1n) is 4.36. The summed E-state index contributed by atoms with van der Waals surface area (Å²) in [7, 11) is 0. The molecule has 0 atom stereocenters. The Labute approximate surface area is 115 Å². The van der Waals surface area contributed by atoms with E-state index in [9.17, 15) is 9.59 Å². The van der Waals surface area contributed by atoms with Gasteiger partial charge < -0.3 is 20.6 Å². The zero-order valence-corrected chi connectivity index (χ0v) is 10.3. The third-order valence-electron chi connectivity index (χ3n) is 1.59. The van der Waals surface area contributed by atoms with E-state index in [1.54, 1.807) is 0 Å². The number of carboxylic acid groups (broad SMARTS) is 2. The fourth-order valence-corrected chi connectivity index (χ4v) is 0.857. The van der Waals surface area contributed by atoms with Crippen molar-refractivity contribution in [1.82, 2.24) is 19.9 Å². The number of aromatic carboxylic acids is 2. The fourth-order valence-electron chi connectivity index (χ4n) is 0.857. The molecule has 0 saturated carbocycles. The minimum atomic E-state index is -1.15. The van der Waals surface area contributed by atoms with Gasteiger partial charge in [-0.05, 0) is 12.1 Å². The van der Waals surface area contributed by atoms with Crippen molar-refractivity contribution in [3.63, 3.8) is 0 Å². The van der Waals surface area contributed by atoms with Crippen LogP contribution in [-0.2, 0) is 17.1 Å². The molecule has 0 bridgehead atoms. The second-order valence-corrected chi connectivity index (χ2v) is 2.85. The quantitative estimate of drug-likeness (QED) is 0.433. The van der Waals surface area contributed by atoms with E-state index in [-0.39, 0.29) is 28.5 Å². The Balaban J connectivity index is 0.000000324. The van der Waals surface area contributed by atoms with E-state index in [0.717, 1.165) is 12.4 Å². The molecule has 10 nitrogen and oxygen atoms in total. The molecule has 0 aromatic carbocycles. The van der Waals surface area contributed by atoms with Gasteiger partial charge in [0, 0.05) is 17.1 Å². The summed E-state index contributed by atoms with van der Waals surface area (Å²) in [6, 6.07) is 2.39. The van der Waals surface area contributed by atoms with Gasteiger partial charge in [-0.25, -0.2) is 9.59 Å². The van der Waals surface area contributed by atoms with Crippen molar-refractivity contribution in [2.75, 3.05) is 0 Å². The summed E-state index contributed by atoms with van der Waals surface area (Å²) in [6.45, 7) is 0. The van der Waals surface area contributed by atoms with Crippen molar-refractivity contribution in [3.05, 3.63) is 35.9 Å². The molecule has 11 heteroatoms. The van der Waals surface area contributed by atoms with Gasteiger partial charge in [-0.3, -0.25) is 0 Å². The summed E-state index contributed by atoms with van der Waals surface area (Å²) < 4.78 is 0. The third-order valence-corrected chi connectivity index (χ3v) is 1.59. The molecule has 0 aliphatic rings. The number of nitrogens with zero attached hydrogens (tertiary/aromatic N) is 4. The Morgan fingerprint density at radius 3 is 1.32 bits per heavy atom. The predicted octanol–water partition coefficient (Wildman–Crippen LogP) is -0.365. The van der Waals surface area contributed by atoms with Gasteiger partial charge in [0.05, 0.1) is 12.4 Å². The maximum atomic E-state index is 10.0. The Morgan fingerprint density at radius 2 is 1.21 bits per heavy atom. The van der Waals surface area contributed by atoms with Gasteiger partial charge >= 0.3 is 11.9 Å². The van der Waals surface area contributed by atoms with E-state index >= 15 is 0 Å². The summed E-state index contributed by atoms with van der Waals surface area (Å²) in [5.74, 6) is -2.30. The molecule has 4 N–H and O–H groups in total. The smallest absolute Gasteiger partial charge is 0.356 e. The molecule has 0 spiro atoms. The molecule has 0 amide bonds. The first-order chi connectivity index (χ1) is 8.40. The summed E-state index contributed by atoms with van der Waals surface area (Å²) in [4.78, 5) is 21.0. The molecule has 1 radical (unpaired) electrons. The van der Waals surface area contributed by atoms with Crippen LogP contribution in [0.4, 0.5) is 0 Å². The van der Waals surface area contributed by atoms with Crippen LogP contribution in [0.1, 0.15) is 21.0 Å². The standard InChI is InChI=1S/2C4H4N2O3.Mn/c2*7-4(8)3-1-2-6(9)5-3;/h2*1-2,9H,(H,7,8);. The van der Waals surface area contributed by atoms with E-state index in [2.05, 4.69) is 10.2 Å². The molecule has 2 aromatic heterocycles. The first kappa shape index (κ1) is 16.5. The van der Waals surface area contributed by atoms with Crippen LogP contribution in [0.2, 0.25) is 0 Å². The van der Waals surface area contributed by atoms with Crippen LogP contribution in [0, 0.1) is 0 Å². The van der Waals surface area contributed by atoms with Crippen molar-refractivity contribution in [1.29, 1.82) is 0 Å². The number of hydrogen-bond donors (Lipinski definition) is 4. The molecular weight excluding hydrogens is 303 g/mol. The summed E-state index contributed by atoms with van der Waals surface area (Å²) in [5, 5.41) is 39.7. The van der Waals surface area contributed by atoms with Gasteiger partial charge in [-0.2, -0.15) is 0 Å². The van der Waals surface area contributed by atoms with Gasteiger partial charge in [0.1, 0.15) is 0 Å². The maximum Gasteiger partial charge on any atom is 0.356 e. The summed E-state index contributed by atoms with van der Waals surface area (Å²) in [5.41, 5.74) is -0.338. The molecule has 0 fully saturated rings. The van der Waals surface area contributed by atoms with Crippen molar-refractivity contribution in [3.8, 4) is 0 Å². The van der Waals surface area contributed by atoms with E-state index in [1.165, 1.54) is 12.1 Å². The largest absolute Gasteiger partial charge is 0.476 e. The van der Waals surface area contributed by atoms with Crippen LogP contribution in [0.5, 0.6) is 0 Å². The number of aromatic nitrogens is 4. The molecule has 103 valence electrons. The molecule has 2 rings (SSSR count). The Bertz CT molecular complexity index is 515. The van der Waals surface area contributed by atoms with Crippen LogP contribution in [0.3, 0.4) is 0 Å². The first-order valence-corrected chi connectivity index (χ1v) is 4.36. The van der Waals surface area contributed by atoms with Crippen molar-refractivity contribution in [2.45, 2.75) is 0 Å². The van der Waals surface area contributed by atoms with Gasteiger partial charge in [0.25, 0.3) is 0 Å². The normalized spacial score (nSPS) is 8.84. The average Bonchev–Trinajstić information content (AvgIpc) is 2.88. The Morgan fingerprint density at radius 1 is 0.895 bits per heavy atom. The minimum absolute atomic E-state index is 0. The number of rotatable bonds is 2. The van der Waals surface area contributed by atoms with Crippen LogP contribution in [0.15, 0.2) is 24.5 Å². The van der Waals surface area contributed by atoms with Crippen molar-refractivity contribution in [2.24, 2.45) is 0 Å². The SMILES string of the molecule is O=C(O)c1ccn(O)n1.O=C(O)c1ccn(O)n1.[Mn]. The Kier molecular flexibility index (Phi) is 6.10. The van der Waals surface area contributed by atoms with E-state index in [0.29, 0.717) is 9.69 Å². The van der Waals surface area contributed by atoms with Gasteiger partial charge in [0.15, 0.2) is 11.4 Å². The monoisotopic (exact) mass is 311 g/mol. The number of carbonyl (C=O) groups is 2. The summed E-state index contributed by atoms with van der Waals surface area (Å²) >= 11 is 0. The van der Waals surface area contributed by atoms with Gasteiger partial charge in [-0.1, -0.05) is 0 Å². The van der Waals surface area contributed by atoms with Crippen molar-refractivity contribution >= 4 is 11.9 Å². The average molecular weight is 311 g/mol. The predicted molar refractivity (Wildman–Crippen MR) is 52.7 cm³/mol. The number of hydrogen-bond acceptors (Lipinski definition) is 6. The molecule has 0 saturated heterocycles. The molecule has 0 unspecified atom stereocenters. The molecule has 2 heterocycles. The van der Waals surface area contributed by atoms with E-state index in [4.69, 9.17) is 20.6 Å². The van der Waals surface area contributed by atoms with Crippen molar-refractivity contribution < 1.29 is 47.3 Å². The van der Waals surface area contributed by atoms with Crippen LogP contribution in [0.25, 0.3) is 0 Å². The topological polar surface area (TPSA) is 151 Å². The van der Waals surface area contributed by atoms with E-state index in [1.807, 2.05) is 0 Å². The molecule has 19 heavy (non-hydrogen) atoms. The Hall–Kier alpha value is -2.52. The van der Waals surface area contributed by atoms with E-state index < -0.39 is 11.9 Å². The fraction of sp³-hybridized carbons (Fsp3) is 0. The second kappa shape index (κ2) is 7.03. The third kappa shape index (κ3) is 5.10.